The first-order valence-electron chi connectivity index (χ1n) is 17.4. The molecule has 1 fully saturated rings. The Morgan fingerprint density at radius 2 is 0.960 bits per heavy atom. The van der Waals surface area contributed by atoms with Crippen LogP contribution < -0.4 is 4.90 Å². The Hall–Kier alpha value is -6.26. The molecule has 7 aromatic rings. The third-order valence-electron chi connectivity index (χ3n) is 10.6. The third-order valence-corrected chi connectivity index (χ3v) is 10.6. The van der Waals surface area contributed by atoms with Crippen molar-refractivity contribution in [3.05, 3.63) is 182 Å². The van der Waals surface area contributed by atoms with Crippen molar-refractivity contribution in [2.24, 2.45) is 11.8 Å². The lowest BCUT2D eigenvalue weighted by Crippen LogP contribution is -2.36. The van der Waals surface area contributed by atoms with Crippen LogP contribution in [0.5, 0.6) is 0 Å². The Labute approximate surface area is 291 Å². The molecular weight excluding hydrogens is 609 g/mol. The molecule has 0 radical (unpaired) electrons. The number of fused-ring (bicyclic) bond motifs is 6. The summed E-state index contributed by atoms with van der Waals surface area (Å²) in [4.78, 5) is 12.7. The second-order valence-electron chi connectivity index (χ2n) is 13.4. The fourth-order valence-corrected chi connectivity index (χ4v) is 8.29. The van der Waals surface area contributed by atoms with Gasteiger partial charge in [0.15, 0.2) is 5.82 Å². The highest BCUT2D eigenvalue weighted by Gasteiger charge is 2.45. The molecule has 5 aromatic carbocycles. The van der Waals surface area contributed by atoms with Crippen LogP contribution in [0.2, 0.25) is 0 Å². The molecule has 4 unspecified atom stereocenters. The first kappa shape index (κ1) is 28.7. The lowest BCUT2D eigenvalue weighted by atomic mass is 9.83. The first-order chi connectivity index (χ1) is 24.8. The fraction of sp³-hybridized carbons (Fsp3) is 0.0870. The van der Waals surface area contributed by atoms with E-state index >= 15 is 0 Å². The molecule has 4 nitrogen and oxygen atoms in total. The molecule has 0 bridgehead atoms. The quantitative estimate of drug-likeness (QED) is 0.187. The molecule has 2 aliphatic carbocycles. The second-order valence-corrected chi connectivity index (χ2v) is 13.4. The van der Waals surface area contributed by atoms with E-state index in [-0.39, 0.29) is 0 Å². The summed E-state index contributed by atoms with van der Waals surface area (Å²) in [5.74, 6) is 1.67. The van der Waals surface area contributed by atoms with Crippen molar-refractivity contribution < 1.29 is 0 Å². The number of hydrogen-bond acceptors (Lipinski definition) is 3. The van der Waals surface area contributed by atoms with Crippen LogP contribution in [0.25, 0.3) is 61.4 Å². The highest BCUT2D eigenvalue weighted by atomic mass is 15.2. The standard InChI is InChI=1S/C46H34N4/c1-3-13-31(14-4-1)40-30-41(48-46(47-40)33-15-5-2-6-16-33)32-23-25-34(26-24-32)49-44-22-12-9-19-38(44)39-29-35(27-28-45(39)49)50-42-20-10-7-17-36(42)37-18-8-11-21-43(37)50/h1-30,36-37,42-43H. The zero-order valence-electron chi connectivity index (χ0n) is 27.4. The van der Waals surface area contributed by atoms with E-state index in [1.54, 1.807) is 0 Å². The van der Waals surface area contributed by atoms with Gasteiger partial charge in [0, 0.05) is 50.7 Å². The molecule has 1 aliphatic heterocycles. The SMILES string of the molecule is C1=CC2C3C=CC=CC3N(c3ccc4c(c3)c3ccccc3n4-c3ccc(-c4cc(-c5ccccc5)nc(-c5ccccc5)n4)cc3)C2C=C1. The summed E-state index contributed by atoms with van der Waals surface area (Å²) in [6.45, 7) is 0. The van der Waals surface area contributed by atoms with E-state index in [2.05, 4.69) is 167 Å². The molecule has 0 N–H and O–H groups in total. The van der Waals surface area contributed by atoms with Crippen molar-refractivity contribution in [2.45, 2.75) is 12.1 Å². The Kier molecular flexibility index (Phi) is 6.73. The minimum absolute atomic E-state index is 0.340. The molecule has 0 amide bonds. The van der Waals surface area contributed by atoms with Gasteiger partial charge in [-0.3, -0.25) is 0 Å². The van der Waals surface area contributed by atoms with Gasteiger partial charge >= 0.3 is 0 Å². The lowest BCUT2D eigenvalue weighted by Gasteiger charge is -2.32. The average molecular weight is 643 g/mol. The van der Waals surface area contributed by atoms with E-state index in [0.29, 0.717) is 23.9 Å². The monoisotopic (exact) mass is 642 g/mol. The van der Waals surface area contributed by atoms with Crippen molar-refractivity contribution in [2.75, 3.05) is 4.90 Å². The summed E-state index contributed by atoms with van der Waals surface area (Å²) in [7, 11) is 0. The molecule has 3 aliphatic rings. The van der Waals surface area contributed by atoms with Crippen molar-refractivity contribution in [3.63, 3.8) is 0 Å². The maximum absolute atomic E-state index is 5.06. The normalized spacial score (nSPS) is 20.4. The van der Waals surface area contributed by atoms with Crippen LogP contribution in [0, 0.1) is 11.8 Å². The Balaban J connectivity index is 1.06. The summed E-state index contributed by atoms with van der Waals surface area (Å²) in [6, 6.07) is 48.0. The first-order valence-corrected chi connectivity index (χ1v) is 17.4. The van der Waals surface area contributed by atoms with E-state index in [9.17, 15) is 0 Å². The molecular formula is C46H34N4. The minimum Gasteiger partial charge on any atom is -0.357 e. The fourth-order valence-electron chi connectivity index (χ4n) is 8.29. The molecule has 0 spiro atoms. The topological polar surface area (TPSA) is 34.0 Å². The summed E-state index contributed by atoms with van der Waals surface area (Å²) in [5, 5.41) is 2.53. The largest absolute Gasteiger partial charge is 0.357 e. The number of para-hydroxylation sites is 1. The molecule has 4 atom stereocenters. The van der Waals surface area contributed by atoms with Gasteiger partial charge in [0.2, 0.25) is 0 Å². The Morgan fingerprint density at radius 3 is 1.64 bits per heavy atom. The van der Waals surface area contributed by atoms with Gasteiger partial charge in [-0.1, -0.05) is 140 Å². The van der Waals surface area contributed by atoms with Gasteiger partial charge in [-0.05, 0) is 42.5 Å². The van der Waals surface area contributed by atoms with E-state index in [0.717, 1.165) is 39.6 Å². The van der Waals surface area contributed by atoms with E-state index in [4.69, 9.17) is 9.97 Å². The number of rotatable bonds is 5. The molecule has 1 saturated heterocycles. The summed E-state index contributed by atoms with van der Waals surface area (Å²) in [5.41, 5.74) is 9.72. The summed E-state index contributed by atoms with van der Waals surface area (Å²) >= 11 is 0. The lowest BCUT2D eigenvalue weighted by molar-refractivity contribution is 0.527. The predicted octanol–water partition coefficient (Wildman–Crippen LogP) is 10.6. The van der Waals surface area contributed by atoms with Crippen molar-refractivity contribution >= 4 is 27.5 Å². The molecule has 50 heavy (non-hydrogen) atoms. The predicted molar refractivity (Wildman–Crippen MR) is 206 cm³/mol. The van der Waals surface area contributed by atoms with E-state index in [1.807, 2.05) is 24.3 Å². The maximum atomic E-state index is 5.06. The molecule has 238 valence electrons. The zero-order chi connectivity index (χ0) is 33.0. The van der Waals surface area contributed by atoms with Crippen LogP contribution >= 0.6 is 0 Å². The molecule has 10 rings (SSSR count). The highest BCUT2D eigenvalue weighted by molar-refractivity contribution is 6.10. The highest BCUT2D eigenvalue weighted by Crippen LogP contribution is 2.45. The van der Waals surface area contributed by atoms with Crippen molar-refractivity contribution in [1.82, 2.24) is 14.5 Å². The molecule has 3 heterocycles. The smallest absolute Gasteiger partial charge is 0.160 e. The summed E-state index contributed by atoms with van der Waals surface area (Å²) in [6.07, 6.45) is 18.4. The van der Waals surface area contributed by atoms with Crippen molar-refractivity contribution in [3.8, 4) is 39.6 Å². The number of allylic oxidation sites excluding steroid dienone is 4. The van der Waals surface area contributed by atoms with Crippen LogP contribution in [0.4, 0.5) is 5.69 Å². The Morgan fingerprint density at radius 1 is 0.420 bits per heavy atom. The van der Waals surface area contributed by atoms with Crippen LogP contribution in [0.1, 0.15) is 0 Å². The van der Waals surface area contributed by atoms with Gasteiger partial charge in [-0.15, -0.1) is 0 Å². The number of hydrogen-bond donors (Lipinski definition) is 0. The molecule has 2 aromatic heterocycles. The number of nitrogens with zero attached hydrogens (tertiary/aromatic N) is 4. The van der Waals surface area contributed by atoms with E-state index < -0.39 is 0 Å². The molecule has 0 saturated carbocycles. The van der Waals surface area contributed by atoms with E-state index in [1.165, 1.54) is 27.5 Å². The van der Waals surface area contributed by atoms with Crippen LogP contribution in [-0.4, -0.2) is 26.6 Å². The number of aromatic nitrogens is 3. The third kappa shape index (κ3) is 4.67. The number of anilines is 1. The van der Waals surface area contributed by atoms with Gasteiger partial charge in [0.25, 0.3) is 0 Å². The van der Waals surface area contributed by atoms with Crippen LogP contribution in [0.3, 0.4) is 0 Å². The van der Waals surface area contributed by atoms with Gasteiger partial charge in [0.05, 0.1) is 34.5 Å². The second kappa shape index (κ2) is 11.7. The van der Waals surface area contributed by atoms with Gasteiger partial charge in [-0.2, -0.15) is 0 Å². The Bertz CT molecular complexity index is 2410. The average Bonchev–Trinajstić information content (AvgIpc) is 3.71. The number of benzene rings is 5. The van der Waals surface area contributed by atoms with Gasteiger partial charge in [0.1, 0.15) is 0 Å². The molecule has 4 heteroatoms. The van der Waals surface area contributed by atoms with Crippen LogP contribution in [-0.2, 0) is 0 Å². The van der Waals surface area contributed by atoms with Crippen LogP contribution in [0.15, 0.2) is 182 Å². The van der Waals surface area contributed by atoms with Gasteiger partial charge in [-0.25, -0.2) is 9.97 Å². The van der Waals surface area contributed by atoms with Gasteiger partial charge < -0.3 is 9.47 Å². The minimum atomic E-state index is 0.340. The zero-order valence-corrected chi connectivity index (χ0v) is 27.4. The summed E-state index contributed by atoms with van der Waals surface area (Å²) < 4.78 is 2.39. The van der Waals surface area contributed by atoms with Crippen molar-refractivity contribution in [1.29, 1.82) is 0 Å². The maximum Gasteiger partial charge on any atom is 0.160 e.